The smallest absolute Gasteiger partial charge is 0.0881 e. The molecule has 1 fully saturated rings. The van der Waals surface area contributed by atoms with E-state index in [0.29, 0.717) is 0 Å². The lowest BCUT2D eigenvalue weighted by Gasteiger charge is -2.22. The van der Waals surface area contributed by atoms with Gasteiger partial charge >= 0.3 is 0 Å². The summed E-state index contributed by atoms with van der Waals surface area (Å²) in [6.07, 6.45) is 6.32. The fourth-order valence-corrected chi connectivity index (χ4v) is 2.72. The monoisotopic (exact) mass is 294 g/mol. The molecular formula is C13H15BrN2O. The van der Waals surface area contributed by atoms with E-state index in [4.69, 9.17) is 4.74 Å². The minimum atomic E-state index is 0.735. The number of halogens is 1. The molecule has 0 saturated carbocycles. The van der Waals surface area contributed by atoms with E-state index < -0.39 is 0 Å². The molecule has 1 aliphatic heterocycles. The second kappa shape index (κ2) is 4.78. The molecule has 0 aliphatic carbocycles. The van der Waals surface area contributed by atoms with E-state index >= 15 is 0 Å². The highest BCUT2D eigenvalue weighted by Gasteiger charge is 2.15. The summed E-state index contributed by atoms with van der Waals surface area (Å²) < 4.78 is 8.74. The van der Waals surface area contributed by atoms with Crippen molar-refractivity contribution in [1.29, 1.82) is 0 Å². The molecule has 1 saturated heterocycles. The van der Waals surface area contributed by atoms with Gasteiger partial charge in [0.25, 0.3) is 0 Å². The molecule has 0 bridgehead atoms. The predicted molar refractivity (Wildman–Crippen MR) is 71.0 cm³/mol. The van der Waals surface area contributed by atoms with Gasteiger partial charge in [0.2, 0.25) is 0 Å². The number of nitrogens with zero attached hydrogens (tertiary/aromatic N) is 2. The SMILES string of the molecule is Brc1cnc2ccn(CC3CCOCC3)c2c1. The molecule has 1 aliphatic rings. The molecule has 0 atom stereocenters. The Bertz CT molecular complexity index is 517. The molecule has 0 N–H and O–H groups in total. The lowest BCUT2D eigenvalue weighted by atomic mass is 10.0. The van der Waals surface area contributed by atoms with Crippen molar-refractivity contribution in [2.45, 2.75) is 19.4 Å². The number of hydrogen-bond donors (Lipinski definition) is 0. The van der Waals surface area contributed by atoms with E-state index in [1.807, 2.05) is 6.20 Å². The molecule has 0 amide bonds. The Morgan fingerprint density at radius 2 is 2.24 bits per heavy atom. The third-order valence-corrected chi connectivity index (χ3v) is 3.82. The van der Waals surface area contributed by atoms with Crippen molar-refractivity contribution in [1.82, 2.24) is 9.55 Å². The summed E-state index contributed by atoms with van der Waals surface area (Å²) in [4.78, 5) is 4.40. The van der Waals surface area contributed by atoms with Crippen molar-refractivity contribution >= 4 is 27.0 Å². The number of hydrogen-bond acceptors (Lipinski definition) is 2. The first kappa shape index (κ1) is 11.2. The molecule has 3 heterocycles. The van der Waals surface area contributed by atoms with Gasteiger partial charge in [-0.2, -0.15) is 0 Å². The Labute approximate surface area is 109 Å². The van der Waals surface area contributed by atoms with Gasteiger partial charge in [0, 0.05) is 36.6 Å². The van der Waals surface area contributed by atoms with Gasteiger partial charge in [-0.25, -0.2) is 0 Å². The Balaban J connectivity index is 1.86. The van der Waals surface area contributed by atoms with Crippen LogP contribution in [-0.4, -0.2) is 22.8 Å². The molecule has 4 heteroatoms. The van der Waals surface area contributed by atoms with Gasteiger partial charge in [-0.3, -0.25) is 4.98 Å². The van der Waals surface area contributed by atoms with Gasteiger partial charge in [-0.15, -0.1) is 0 Å². The van der Waals surface area contributed by atoms with Gasteiger partial charge in [0.15, 0.2) is 0 Å². The topological polar surface area (TPSA) is 27.1 Å². The van der Waals surface area contributed by atoms with Crippen LogP contribution >= 0.6 is 15.9 Å². The maximum absolute atomic E-state index is 5.40. The van der Waals surface area contributed by atoms with E-state index in [1.54, 1.807) is 0 Å². The van der Waals surface area contributed by atoms with Crippen LogP contribution in [0.4, 0.5) is 0 Å². The Hall–Kier alpha value is -0.870. The van der Waals surface area contributed by atoms with Crippen LogP contribution in [0.1, 0.15) is 12.8 Å². The van der Waals surface area contributed by atoms with Crippen LogP contribution in [0, 0.1) is 5.92 Å². The first-order chi connectivity index (χ1) is 8.33. The Kier molecular flexibility index (Phi) is 3.16. The first-order valence-corrected chi connectivity index (χ1v) is 6.80. The zero-order chi connectivity index (χ0) is 11.7. The van der Waals surface area contributed by atoms with Gasteiger partial charge in [-0.1, -0.05) is 0 Å². The third kappa shape index (κ3) is 2.38. The van der Waals surface area contributed by atoms with Crippen LogP contribution in [0.2, 0.25) is 0 Å². The average Bonchev–Trinajstić information content (AvgIpc) is 2.73. The maximum atomic E-state index is 5.40. The van der Waals surface area contributed by atoms with Gasteiger partial charge in [-0.05, 0) is 46.8 Å². The lowest BCUT2D eigenvalue weighted by molar-refractivity contribution is 0.0616. The van der Waals surface area contributed by atoms with Crippen molar-refractivity contribution in [3.05, 3.63) is 29.0 Å². The van der Waals surface area contributed by atoms with Crippen molar-refractivity contribution in [3.63, 3.8) is 0 Å². The van der Waals surface area contributed by atoms with Crippen LogP contribution in [-0.2, 0) is 11.3 Å². The Morgan fingerprint density at radius 3 is 3.06 bits per heavy atom. The fourth-order valence-electron chi connectivity index (χ4n) is 2.40. The van der Waals surface area contributed by atoms with Crippen LogP contribution in [0.25, 0.3) is 11.0 Å². The molecule has 17 heavy (non-hydrogen) atoms. The summed E-state index contributed by atoms with van der Waals surface area (Å²) in [7, 11) is 0. The highest BCUT2D eigenvalue weighted by molar-refractivity contribution is 9.10. The molecule has 90 valence electrons. The number of pyridine rings is 1. The van der Waals surface area contributed by atoms with E-state index in [-0.39, 0.29) is 0 Å². The fraction of sp³-hybridized carbons (Fsp3) is 0.462. The Morgan fingerprint density at radius 1 is 1.41 bits per heavy atom. The van der Waals surface area contributed by atoms with Crippen molar-refractivity contribution in [3.8, 4) is 0 Å². The summed E-state index contributed by atoms with van der Waals surface area (Å²) in [5, 5.41) is 0. The molecule has 0 unspecified atom stereocenters. The van der Waals surface area contributed by atoms with Crippen molar-refractivity contribution in [2.24, 2.45) is 5.92 Å². The van der Waals surface area contributed by atoms with Gasteiger partial charge < -0.3 is 9.30 Å². The molecule has 0 aromatic carbocycles. The van der Waals surface area contributed by atoms with Crippen molar-refractivity contribution < 1.29 is 4.74 Å². The number of ether oxygens (including phenoxy) is 1. The van der Waals surface area contributed by atoms with Crippen LogP contribution < -0.4 is 0 Å². The van der Waals surface area contributed by atoms with E-state index in [9.17, 15) is 0 Å². The normalized spacial score (nSPS) is 17.7. The van der Waals surface area contributed by atoms with Gasteiger partial charge in [0.05, 0.1) is 11.0 Å². The zero-order valence-corrected chi connectivity index (χ0v) is 11.2. The minimum absolute atomic E-state index is 0.735. The molecule has 3 rings (SSSR count). The predicted octanol–water partition coefficient (Wildman–Crippen LogP) is 3.23. The summed E-state index contributed by atoms with van der Waals surface area (Å²) in [6.45, 7) is 2.89. The number of fused-ring (bicyclic) bond motifs is 1. The van der Waals surface area contributed by atoms with Crippen LogP contribution in [0.5, 0.6) is 0 Å². The number of rotatable bonds is 2. The minimum Gasteiger partial charge on any atom is -0.381 e. The molecule has 3 nitrogen and oxygen atoms in total. The quantitative estimate of drug-likeness (QED) is 0.850. The third-order valence-electron chi connectivity index (χ3n) is 3.38. The first-order valence-electron chi connectivity index (χ1n) is 6.01. The molecular weight excluding hydrogens is 280 g/mol. The van der Waals surface area contributed by atoms with Gasteiger partial charge in [0.1, 0.15) is 0 Å². The summed E-state index contributed by atoms with van der Waals surface area (Å²) >= 11 is 3.48. The maximum Gasteiger partial charge on any atom is 0.0881 e. The lowest BCUT2D eigenvalue weighted by Crippen LogP contribution is -2.20. The zero-order valence-electron chi connectivity index (χ0n) is 9.60. The average molecular weight is 295 g/mol. The summed E-state index contributed by atoms with van der Waals surface area (Å²) in [5.41, 5.74) is 2.28. The molecule has 0 radical (unpaired) electrons. The van der Waals surface area contributed by atoms with Crippen molar-refractivity contribution in [2.75, 3.05) is 13.2 Å². The largest absolute Gasteiger partial charge is 0.381 e. The van der Waals surface area contributed by atoms with Crippen LogP contribution in [0.3, 0.4) is 0 Å². The standard InChI is InChI=1S/C13H15BrN2O/c14-11-7-13-12(15-8-11)1-4-16(13)9-10-2-5-17-6-3-10/h1,4,7-8,10H,2-3,5-6,9H2. The van der Waals surface area contributed by atoms with E-state index in [2.05, 4.69) is 43.8 Å². The molecule has 0 spiro atoms. The van der Waals surface area contributed by atoms with E-state index in [1.165, 1.54) is 18.4 Å². The molecule has 2 aromatic rings. The number of aromatic nitrogens is 2. The van der Waals surface area contributed by atoms with E-state index in [0.717, 1.165) is 35.7 Å². The summed E-state index contributed by atoms with van der Waals surface area (Å²) in [6, 6.07) is 4.22. The highest BCUT2D eigenvalue weighted by Crippen LogP contribution is 2.22. The molecule has 2 aromatic heterocycles. The highest BCUT2D eigenvalue weighted by atomic mass is 79.9. The second-order valence-electron chi connectivity index (χ2n) is 4.58. The summed E-state index contributed by atoms with van der Waals surface area (Å²) in [5.74, 6) is 0.735. The second-order valence-corrected chi connectivity index (χ2v) is 5.50. The van der Waals surface area contributed by atoms with Crippen LogP contribution in [0.15, 0.2) is 29.0 Å².